The molecule has 4 N–H and O–H groups in total. The van der Waals surface area contributed by atoms with Gasteiger partial charge in [-0.05, 0) is 43.9 Å². The molecule has 0 heterocycles. The molecular weight excluding hydrogens is 202 g/mol. The molecule has 0 bridgehead atoms. The maximum Gasteiger partial charge on any atom is 0.319 e. The number of anilines is 2. The van der Waals surface area contributed by atoms with Crippen molar-refractivity contribution in [3.05, 3.63) is 23.8 Å². The van der Waals surface area contributed by atoms with Gasteiger partial charge in [0.05, 0.1) is 0 Å². The van der Waals surface area contributed by atoms with E-state index in [1.807, 2.05) is 19.1 Å². The average molecular weight is 219 g/mol. The summed E-state index contributed by atoms with van der Waals surface area (Å²) >= 11 is 0. The van der Waals surface area contributed by atoms with Crippen LogP contribution in [0.25, 0.3) is 0 Å². The van der Waals surface area contributed by atoms with Crippen LogP contribution >= 0.6 is 0 Å². The van der Waals surface area contributed by atoms with E-state index in [1.54, 1.807) is 6.07 Å². The number of hydrogen-bond acceptors (Lipinski definition) is 2. The molecule has 0 saturated heterocycles. The Bertz CT molecular complexity index is 399. The van der Waals surface area contributed by atoms with Crippen molar-refractivity contribution in [1.82, 2.24) is 5.32 Å². The predicted molar refractivity (Wildman–Crippen MR) is 65.4 cm³/mol. The molecule has 4 heteroatoms. The van der Waals surface area contributed by atoms with E-state index < -0.39 is 0 Å². The highest BCUT2D eigenvalue weighted by Crippen LogP contribution is 2.19. The Hall–Kier alpha value is -1.71. The molecule has 0 aliphatic heterocycles. The van der Waals surface area contributed by atoms with Crippen molar-refractivity contribution in [2.75, 3.05) is 11.1 Å². The molecule has 1 aromatic rings. The second kappa shape index (κ2) is 4.43. The van der Waals surface area contributed by atoms with Crippen LogP contribution in [0.15, 0.2) is 18.2 Å². The van der Waals surface area contributed by atoms with Crippen molar-refractivity contribution in [1.29, 1.82) is 0 Å². The van der Waals surface area contributed by atoms with Crippen molar-refractivity contribution in [3.8, 4) is 0 Å². The summed E-state index contributed by atoms with van der Waals surface area (Å²) in [6.07, 6.45) is 3.38. The van der Waals surface area contributed by atoms with Gasteiger partial charge in [0, 0.05) is 17.4 Å². The number of amides is 2. The second-order valence-corrected chi connectivity index (χ2v) is 4.30. The number of nitrogens with two attached hydrogens (primary N) is 1. The zero-order chi connectivity index (χ0) is 11.5. The zero-order valence-electron chi connectivity index (χ0n) is 9.42. The van der Waals surface area contributed by atoms with Gasteiger partial charge in [0.25, 0.3) is 0 Å². The van der Waals surface area contributed by atoms with Gasteiger partial charge in [-0.3, -0.25) is 0 Å². The Morgan fingerprint density at radius 1 is 1.44 bits per heavy atom. The van der Waals surface area contributed by atoms with Crippen LogP contribution in [-0.4, -0.2) is 12.1 Å². The van der Waals surface area contributed by atoms with Crippen LogP contribution in [0, 0.1) is 6.92 Å². The van der Waals surface area contributed by atoms with Crippen LogP contribution < -0.4 is 16.4 Å². The summed E-state index contributed by atoms with van der Waals surface area (Å²) in [6.45, 7) is 1.94. The Balaban J connectivity index is 1.92. The third kappa shape index (κ3) is 2.45. The van der Waals surface area contributed by atoms with Gasteiger partial charge in [-0.2, -0.15) is 0 Å². The molecule has 1 aromatic carbocycles. The van der Waals surface area contributed by atoms with E-state index in [-0.39, 0.29) is 6.03 Å². The van der Waals surface area contributed by atoms with Gasteiger partial charge in [-0.15, -0.1) is 0 Å². The zero-order valence-corrected chi connectivity index (χ0v) is 9.42. The van der Waals surface area contributed by atoms with Crippen molar-refractivity contribution in [2.24, 2.45) is 0 Å². The molecule has 2 rings (SSSR count). The molecule has 0 spiro atoms. The van der Waals surface area contributed by atoms with E-state index in [4.69, 9.17) is 5.73 Å². The largest absolute Gasteiger partial charge is 0.398 e. The molecule has 1 aliphatic carbocycles. The lowest BCUT2D eigenvalue weighted by molar-refractivity contribution is 0.240. The van der Waals surface area contributed by atoms with Gasteiger partial charge in [0.2, 0.25) is 0 Å². The number of aryl methyl sites for hydroxylation is 1. The van der Waals surface area contributed by atoms with Crippen molar-refractivity contribution in [2.45, 2.75) is 32.2 Å². The molecule has 0 aromatic heterocycles. The summed E-state index contributed by atoms with van der Waals surface area (Å²) in [7, 11) is 0. The molecule has 0 unspecified atom stereocenters. The fraction of sp³-hybridized carbons (Fsp3) is 0.417. The fourth-order valence-corrected chi connectivity index (χ4v) is 1.62. The first-order valence-corrected chi connectivity index (χ1v) is 5.59. The van der Waals surface area contributed by atoms with Gasteiger partial charge in [0.1, 0.15) is 0 Å². The first-order valence-electron chi connectivity index (χ1n) is 5.59. The number of hydrogen-bond donors (Lipinski definition) is 3. The van der Waals surface area contributed by atoms with Crippen LogP contribution in [0.1, 0.15) is 24.8 Å². The molecule has 1 fully saturated rings. The molecule has 0 radical (unpaired) electrons. The molecule has 1 saturated carbocycles. The molecule has 2 amide bonds. The number of benzene rings is 1. The third-order valence-corrected chi connectivity index (χ3v) is 2.98. The number of carbonyl (C=O) groups is 1. The molecule has 16 heavy (non-hydrogen) atoms. The first kappa shape index (κ1) is 10.8. The summed E-state index contributed by atoms with van der Waals surface area (Å²) in [5, 5.41) is 5.69. The number of nitrogen functional groups attached to an aromatic ring is 1. The highest BCUT2D eigenvalue weighted by atomic mass is 16.2. The average Bonchev–Trinajstić information content (AvgIpc) is 2.18. The Kier molecular flexibility index (Phi) is 2.99. The SMILES string of the molecule is Cc1ccc(NC(=O)NC2CCC2)cc1N. The highest BCUT2D eigenvalue weighted by molar-refractivity contribution is 5.90. The van der Waals surface area contributed by atoms with Crippen molar-refractivity contribution >= 4 is 17.4 Å². The smallest absolute Gasteiger partial charge is 0.319 e. The van der Waals surface area contributed by atoms with Gasteiger partial charge in [-0.1, -0.05) is 6.07 Å². The van der Waals surface area contributed by atoms with E-state index in [9.17, 15) is 4.79 Å². The Labute approximate surface area is 95.2 Å². The van der Waals surface area contributed by atoms with Gasteiger partial charge in [-0.25, -0.2) is 4.79 Å². The summed E-state index contributed by atoms with van der Waals surface area (Å²) in [5.41, 5.74) is 8.21. The van der Waals surface area contributed by atoms with E-state index in [2.05, 4.69) is 10.6 Å². The number of carbonyl (C=O) groups excluding carboxylic acids is 1. The van der Waals surface area contributed by atoms with E-state index in [1.165, 1.54) is 6.42 Å². The lowest BCUT2D eigenvalue weighted by Gasteiger charge is -2.26. The summed E-state index contributed by atoms with van der Waals surface area (Å²) < 4.78 is 0. The Morgan fingerprint density at radius 2 is 2.19 bits per heavy atom. The maximum atomic E-state index is 11.5. The quantitative estimate of drug-likeness (QED) is 0.668. The fourth-order valence-electron chi connectivity index (χ4n) is 1.62. The van der Waals surface area contributed by atoms with Crippen molar-refractivity contribution < 1.29 is 4.79 Å². The van der Waals surface area contributed by atoms with Crippen LogP contribution in [0.5, 0.6) is 0 Å². The van der Waals surface area contributed by atoms with E-state index in [0.29, 0.717) is 11.7 Å². The molecule has 86 valence electrons. The summed E-state index contributed by atoms with van der Waals surface area (Å²) in [5.74, 6) is 0. The summed E-state index contributed by atoms with van der Waals surface area (Å²) in [4.78, 5) is 11.5. The van der Waals surface area contributed by atoms with E-state index in [0.717, 1.165) is 24.1 Å². The lowest BCUT2D eigenvalue weighted by atomic mass is 9.93. The van der Waals surface area contributed by atoms with E-state index >= 15 is 0 Å². The normalized spacial score (nSPS) is 15.3. The van der Waals surface area contributed by atoms with Crippen LogP contribution in [0.2, 0.25) is 0 Å². The minimum absolute atomic E-state index is 0.145. The van der Waals surface area contributed by atoms with Crippen molar-refractivity contribution in [3.63, 3.8) is 0 Å². The molecule has 1 aliphatic rings. The minimum Gasteiger partial charge on any atom is -0.398 e. The Morgan fingerprint density at radius 3 is 2.75 bits per heavy atom. The topological polar surface area (TPSA) is 67.2 Å². The monoisotopic (exact) mass is 219 g/mol. The van der Waals surface area contributed by atoms with Crippen LogP contribution in [0.3, 0.4) is 0 Å². The molecular formula is C12H17N3O. The summed E-state index contributed by atoms with van der Waals surface area (Å²) in [6, 6.07) is 5.73. The number of urea groups is 1. The van der Waals surface area contributed by atoms with Gasteiger partial charge >= 0.3 is 6.03 Å². The molecule has 0 atom stereocenters. The minimum atomic E-state index is -0.145. The standard InChI is InChI=1S/C12H17N3O/c1-8-5-6-10(7-11(8)13)15-12(16)14-9-3-2-4-9/h5-7,9H,2-4,13H2,1H3,(H2,14,15,16). The second-order valence-electron chi connectivity index (χ2n) is 4.30. The maximum absolute atomic E-state index is 11.5. The molecule has 4 nitrogen and oxygen atoms in total. The number of rotatable bonds is 2. The van der Waals surface area contributed by atoms with Crippen LogP contribution in [0.4, 0.5) is 16.2 Å². The van der Waals surface area contributed by atoms with Crippen LogP contribution in [-0.2, 0) is 0 Å². The first-order chi connectivity index (χ1) is 7.65. The van der Waals surface area contributed by atoms with Gasteiger partial charge in [0.15, 0.2) is 0 Å². The highest BCUT2D eigenvalue weighted by Gasteiger charge is 2.19. The predicted octanol–water partition coefficient (Wildman–Crippen LogP) is 2.25. The lowest BCUT2D eigenvalue weighted by Crippen LogP contribution is -2.41. The van der Waals surface area contributed by atoms with Gasteiger partial charge < -0.3 is 16.4 Å². The third-order valence-electron chi connectivity index (χ3n) is 2.98. The number of nitrogens with one attached hydrogen (secondary N) is 2.